The molecule has 2 aromatic rings. The van der Waals surface area contributed by atoms with Crippen LogP contribution < -0.4 is 5.32 Å². The van der Waals surface area contributed by atoms with Crippen molar-refractivity contribution in [2.45, 2.75) is 6.04 Å². The minimum absolute atomic E-state index is 0. The Morgan fingerprint density at radius 3 is 2.54 bits per heavy atom. The third-order valence-electron chi connectivity index (χ3n) is 3.83. The first kappa shape index (κ1) is 20.7. The zero-order valence-electron chi connectivity index (χ0n) is 12.8. The van der Waals surface area contributed by atoms with Crippen LogP contribution in [-0.2, 0) is 0 Å². The van der Waals surface area contributed by atoms with Crippen molar-refractivity contribution in [1.82, 2.24) is 10.2 Å². The van der Waals surface area contributed by atoms with E-state index in [1.165, 1.54) is 18.2 Å². The fraction of sp³-hybridized carbons (Fsp3) is 0.333. The van der Waals surface area contributed by atoms with Crippen molar-refractivity contribution in [3.8, 4) is 5.75 Å². The van der Waals surface area contributed by atoms with Gasteiger partial charge in [0.15, 0.2) is 0 Å². The zero-order chi connectivity index (χ0) is 15.5. The van der Waals surface area contributed by atoms with Gasteiger partial charge in [0.2, 0.25) is 0 Å². The molecular formula is C15H19Cl2N3O3S. The monoisotopic (exact) mass is 391 g/mol. The molecule has 0 radical (unpaired) electrons. The minimum atomic E-state index is -0.377. The molecule has 1 atom stereocenters. The van der Waals surface area contributed by atoms with E-state index in [1.807, 2.05) is 17.5 Å². The van der Waals surface area contributed by atoms with Gasteiger partial charge in [-0.1, -0.05) is 6.07 Å². The predicted octanol–water partition coefficient (Wildman–Crippen LogP) is 3.20. The number of nitrogens with zero attached hydrogens (tertiary/aromatic N) is 2. The molecule has 2 heterocycles. The number of hydrogen-bond acceptors (Lipinski definition) is 6. The van der Waals surface area contributed by atoms with Crippen LogP contribution in [0.2, 0.25) is 0 Å². The maximum absolute atomic E-state index is 11.4. The number of nitrogens with one attached hydrogen (secondary N) is 1. The van der Waals surface area contributed by atoms with Crippen molar-refractivity contribution in [2.75, 3.05) is 26.2 Å². The quantitative estimate of drug-likeness (QED) is 0.617. The Balaban J connectivity index is 0.00000144. The molecule has 0 aliphatic carbocycles. The summed E-state index contributed by atoms with van der Waals surface area (Å²) in [5, 5.41) is 26.5. The lowest BCUT2D eigenvalue weighted by Crippen LogP contribution is -2.45. The van der Waals surface area contributed by atoms with Gasteiger partial charge in [-0.05, 0) is 23.6 Å². The summed E-state index contributed by atoms with van der Waals surface area (Å²) in [4.78, 5) is 14.3. The number of phenolic OH excluding ortho intramolecular Hbond substituents is 1. The maximum atomic E-state index is 11.4. The zero-order valence-corrected chi connectivity index (χ0v) is 15.2. The Kier molecular flexibility index (Phi) is 7.92. The average molecular weight is 392 g/mol. The smallest absolute Gasteiger partial charge is 0.274 e. The molecule has 132 valence electrons. The van der Waals surface area contributed by atoms with Crippen molar-refractivity contribution < 1.29 is 10.0 Å². The number of halogens is 2. The molecule has 24 heavy (non-hydrogen) atoms. The number of aromatic hydroxyl groups is 1. The molecule has 0 spiro atoms. The number of nitro groups is 1. The SMILES string of the molecule is Cl.Cl.O=[N+]([O-])c1ccc(O)cc1[C@@H](c1cccs1)N1CCNCC1. The molecule has 1 saturated heterocycles. The molecule has 1 fully saturated rings. The van der Waals surface area contributed by atoms with Crippen LogP contribution in [0.1, 0.15) is 16.5 Å². The van der Waals surface area contributed by atoms with E-state index in [9.17, 15) is 15.2 Å². The first-order valence-corrected chi connectivity index (χ1v) is 8.00. The first-order chi connectivity index (χ1) is 10.7. The third-order valence-corrected chi connectivity index (χ3v) is 4.76. The van der Waals surface area contributed by atoms with Crippen LogP contribution in [0.15, 0.2) is 35.7 Å². The lowest BCUT2D eigenvalue weighted by molar-refractivity contribution is -0.385. The van der Waals surface area contributed by atoms with Crippen molar-refractivity contribution in [3.05, 3.63) is 56.3 Å². The van der Waals surface area contributed by atoms with Crippen LogP contribution in [0.4, 0.5) is 5.69 Å². The number of thiophene rings is 1. The molecule has 2 N–H and O–H groups in total. The fourth-order valence-electron chi connectivity index (χ4n) is 2.84. The van der Waals surface area contributed by atoms with Crippen LogP contribution in [-0.4, -0.2) is 41.1 Å². The maximum Gasteiger partial charge on any atom is 0.274 e. The number of piperazine rings is 1. The van der Waals surface area contributed by atoms with Crippen molar-refractivity contribution in [2.24, 2.45) is 0 Å². The van der Waals surface area contributed by atoms with E-state index >= 15 is 0 Å². The standard InChI is InChI=1S/C15H17N3O3S.2ClH/c19-11-3-4-13(18(20)21)12(10-11)15(14-2-1-9-22-14)17-7-5-16-6-8-17;;/h1-4,9-10,15-16,19H,5-8H2;2*1H/t15-;;/m0../s1. The summed E-state index contributed by atoms with van der Waals surface area (Å²) in [6, 6.07) is 8.01. The summed E-state index contributed by atoms with van der Waals surface area (Å²) < 4.78 is 0. The average Bonchev–Trinajstić information content (AvgIpc) is 3.02. The number of phenols is 1. The first-order valence-electron chi connectivity index (χ1n) is 7.12. The van der Waals surface area contributed by atoms with Gasteiger partial charge in [0, 0.05) is 37.1 Å². The lowest BCUT2D eigenvalue weighted by Gasteiger charge is -2.34. The highest BCUT2D eigenvalue weighted by atomic mass is 35.5. The highest BCUT2D eigenvalue weighted by molar-refractivity contribution is 7.10. The van der Waals surface area contributed by atoms with Gasteiger partial charge < -0.3 is 10.4 Å². The van der Waals surface area contributed by atoms with E-state index in [0.717, 1.165) is 31.1 Å². The molecule has 0 amide bonds. The number of nitro benzene ring substituents is 1. The van der Waals surface area contributed by atoms with Gasteiger partial charge in [-0.3, -0.25) is 15.0 Å². The summed E-state index contributed by atoms with van der Waals surface area (Å²) >= 11 is 1.58. The van der Waals surface area contributed by atoms with E-state index in [4.69, 9.17) is 0 Å². The Hall–Kier alpha value is -1.38. The molecular weight excluding hydrogens is 373 g/mol. The van der Waals surface area contributed by atoms with E-state index in [2.05, 4.69) is 10.2 Å². The van der Waals surface area contributed by atoms with Gasteiger partial charge in [-0.15, -0.1) is 36.2 Å². The Labute approximate surface area is 156 Å². The molecule has 9 heteroatoms. The van der Waals surface area contributed by atoms with Crippen molar-refractivity contribution >= 4 is 41.8 Å². The molecule has 0 unspecified atom stereocenters. The number of benzene rings is 1. The Morgan fingerprint density at radius 1 is 1.25 bits per heavy atom. The molecule has 1 aromatic heterocycles. The van der Waals surface area contributed by atoms with Crippen LogP contribution in [0.25, 0.3) is 0 Å². The topological polar surface area (TPSA) is 78.6 Å². The van der Waals surface area contributed by atoms with E-state index in [0.29, 0.717) is 5.56 Å². The molecule has 1 aliphatic heterocycles. The van der Waals surface area contributed by atoms with Crippen molar-refractivity contribution in [1.29, 1.82) is 0 Å². The third kappa shape index (κ3) is 4.37. The van der Waals surface area contributed by atoms with Crippen LogP contribution in [0.3, 0.4) is 0 Å². The Morgan fingerprint density at radius 2 is 1.96 bits per heavy atom. The summed E-state index contributed by atoms with van der Waals surface area (Å²) in [6.07, 6.45) is 0. The fourth-order valence-corrected chi connectivity index (χ4v) is 3.72. The van der Waals surface area contributed by atoms with Gasteiger partial charge in [0.25, 0.3) is 5.69 Å². The lowest BCUT2D eigenvalue weighted by atomic mass is 10.0. The summed E-state index contributed by atoms with van der Waals surface area (Å²) in [5.74, 6) is 0.0530. The second kappa shape index (κ2) is 9.19. The van der Waals surface area contributed by atoms with Gasteiger partial charge in [-0.25, -0.2) is 0 Å². The molecule has 6 nitrogen and oxygen atoms in total. The Bertz CT molecular complexity index is 664. The largest absolute Gasteiger partial charge is 0.508 e. The predicted molar refractivity (Wildman–Crippen MR) is 99.9 cm³/mol. The van der Waals surface area contributed by atoms with Gasteiger partial charge in [0.05, 0.1) is 16.5 Å². The van der Waals surface area contributed by atoms with E-state index in [1.54, 1.807) is 11.3 Å². The number of hydrogen-bond donors (Lipinski definition) is 2. The molecule has 3 rings (SSSR count). The second-order valence-corrected chi connectivity index (χ2v) is 6.18. The van der Waals surface area contributed by atoms with Crippen LogP contribution >= 0.6 is 36.2 Å². The minimum Gasteiger partial charge on any atom is -0.508 e. The normalized spacial score (nSPS) is 15.8. The number of rotatable bonds is 4. The molecule has 0 saturated carbocycles. The highest BCUT2D eigenvalue weighted by Gasteiger charge is 2.30. The van der Waals surface area contributed by atoms with Crippen LogP contribution in [0, 0.1) is 10.1 Å². The van der Waals surface area contributed by atoms with Gasteiger partial charge in [-0.2, -0.15) is 0 Å². The molecule has 1 aliphatic rings. The van der Waals surface area contributed by atoms with Gasteiger partial charge >= 0.3 is 0 Å². The molecule has 1 aromatic carbocycles. The molecule has 0 bridgehead atoms. The summed E-state index contributed by atoms with van der Waals surface area (Å²) in [5.41, 5.74) is 0.601. The highest BCUT2D eigenvalue weighted by Crippen LogP contribution is 2.38. The van der Waals surface area contributed by atoms with Crippen molar-refractivity contribution in [3.63, 3.8) is 0 Å². The second-order valence-electron chi connectivity index (χ2n) is 5.20. The van der Waals surface area contributed by atoms with Gasteiger partial charge in [0.1, 0.15) is 5.75 Å². The summed E-state index contributed by atoms with van der Waals surface area (Å²) in [7, 11) is 0. The van der Waals surface area contributed by atoms with Crippen LogP contribution in [0.5, 0.6) is 5.75 Å². The van der Waals surface area contributed by atoms with E-state index < -0.39 is 0 Å². The summed E-state index contributed by atoms with van der Waals surface area (Å²) in [6.45, 7) is 3.34. The van der Waals surface area contributed by atoms with E-state index in [-0.39, 0.29) is 47.2 Å².